The summed E-state index contributed by atoms with van der Waals surface area (Å²) in [7, 11) is 0. The third kappa shape index (κ3) is 3.84. The molecule has 2 heterocycles. The number of nitrogens with zero attached hydrogens (tertiary/aromatic N) is 2. The molecular formula is C16H19N3O2S. The third-order valence-electron chi connectivity index (χ3n) is 3.82. The van der Waals surface area contributed by atoms with Gasteiger partial charge in [0.2, 0.25) is 0 Å². The zero-order chi connectivity index (χ0) is 15.4. The fraction of sp³-hybridized carbons (Fsp3) is 0.375. The van der Waals surface area contributed by atoms with Crippen molar-refractivity contribution in [3.63, 3.8) is 0 Å². The lowest BCUT2D eigenvalue weighted by Crippen LogP contribution is -2.38. The predicted octanol–water partition coefficient (Wildman–Crippen LogP) is 3.18. The standard InChI is InChI=1S/C16H19N3O2S/c20-15(21)12-5-4-8-19(9-12)10-14-11-22-16(18-14)17-13-6-2-1-3-7-13/h1-3,6-7,11-12H,4-5,8-10H2,(H,17,18)(H,20,21). The molecular weight excluding hydrogens is 298 g/mol. The lowest BCUT2D eigenvalue weighted by molar-refractivity contribution is -0.143. The predicted molar refractivity (Wildman–Crippen MR) is 87.5 cm³/mol. The number of hydrogen-bond acceptors (Lipinski definition) is 5. The van der Waals surface area contributed by atoms with Gasteiger partial charge in [-0.15, -0.1) is 11.3 Å². The zero-order valence-corrected chi connectivity index (χ0v) is 13.1. The Morgan fingerprint density at radius 3 is 3.00 bits per heavy atom. The van der Waals surface area contributed by atoms with Crippen LogP contribution in [0.25, 0.3) is 0 Å². The molecule has 6 heteroatoms. The molecule has 22 heavy (non-hydrogen) atoms. The number of nitrogens with one attached hydrogen (secondary N) is 1. The molecule has 1 aromatic heterocycles. The Bertz CT molecular complexity index is 629. The smallest absolute Gasteiger partial charge is 0.307 e. The molecule has 1 unspecified atom stereocenters. The fourth-order valence-electron chi connectivity index (χ4n) is 2.71. The summed E-state index contributed by atoms with van der Waals surface area (Å²) in [6.07, 6.45) is 1.72. The molecule has 2 N–H and O–H groups in total. The molecule has 116 valence electrons. The van der Waals surface area contributed by atoms with E-state index in [9.17, 15) is 4.79 Å². The number of carboxylic acid groups (broad SMARTS) is 1. The van der Waals surface area contributed by atoms with Crippen molar-refractivity contribution < 1.29 is 9.90 Å². The zero-order valence-electron chi connectivity index (χ0n) is 12.2. The fourth-order valence-corrected chi connectivity index (χ4v) is 3.43. The van der Waals surface area contributed by atoms with Gasteiger partial charge >= 0.3 is 5.97 Å². The number of rotatable bonds is 5. The molecule has 1 aliphatic heterocycles. The second-order valence-corrected chi connectivity index (χ2v) is 6.41. The lowest BCUT2D eigenvalue weighted by atomic mass is 9.98. The van der Waals surface area contributed by atoms with Crippen LogP contribution in [0.3, 0.4) is 0 Å². The molecule has 5 nitrogen and oxygen atoms in total. The minimum atomic E-state index is -0.686. The van der Waals surface area contributed by atoms with Gasteiger partial charge < -0.3 is 10.4 Å². The number of aliphatic carboxylic acids is 1. The molecule has 0 aliphatic carbocycles. The van der Waals surface area contributed by atoms with Crippen molar-refractivity contribution >= 4 is 28.1 Å². The van der Waals surface area contributed by atoms with E-state index in [1.807, 2.05) is 35.7 Å². The molecule has 2 aromatic rings. The average Bonchev–Trinajstić information content (AvgIpc) is 2.95. The average molecular weight is 317 g/mol. The van der Waals surface area contributed by atoms with Gasteiger partial charge in [-0.2, -0.15) is 0 Å². The Balaban J connectivity index is 1.58. The van der Waals surface area contributed by atoms with Gasteiger partial charge in [0, 0.05) is 24.2 Å². The van der Waals surface area contributed by atoms with E-state index in [2.05, 4.69) is 15.2 Å². The highest BCUT2D eigenvalue weighted by Crippen LogP contribution is 2.23. The first-order valence-corrected chi connectivity index (χ1v) is 8.30. The van der Waals surface area contributed by atoms with Crippen molar-refractivity contribution in [1.29, 1.82) is 0 Å². The number of thiazole rings is 1. The Hall–Kier alpha value is -1.92. The van der Waals surface area contributed by atoms with E-state index in [0.29, 0.717) is 6.54 Å². The second-order valence-electron chi connectivity index (χ2n) is 5.55. The number of aromatic nitrogens is 1. The molecule has 0 saturated carbocycles. The monoisotopic (exact) mass is 317 g/mol. The van der Waals surface area contributed by atoms with E-state index < -0.39 is 5.97 Å². The first-order chi connectivity index (χ1) is 10.7. The van der Waals surface area contributed by atoms with Crippen LogP contribution >= 0.6 is 11.3 Å². The van der Waals surface area contributed by atoms with Crippen LogP contribution in [-0.2, 0) is 11.3 Å². The SMILES string of the molecule is O=C(O)C1CCCN(Cc2csc(Nc3ccccc3)n2)C1. The Morgan fingerprint density at radius 1 is 1.41 bits per heavy atom. The summed E-state index contributed by atoms with van der Waals surface area (Å²) in [5, 5.41) is 15.3. The quantitative estimate of drug-likeness (QED) is 0.886. The molecule has 0 amide bonds. The van der Waals surface area contributed by atoms with Crippen LogP contribution in [0.2, 0.25) is 0 Å². The van der Waals surface area contributed by atoms with Crippen molar-refractivity contribution in [2.45, 2.75) is 19.4 Å². The van der Waals surface area contributed by atoms with Crippen LogP contribution < -0.4 is 5.32 Å². The normalized spacial score (nSPS) is 19.0. The highest BCUT2D eigenvalue weighted by Gasteiger charge is 2.25. The van der Waals surface area contributed by atoms with Gasteiger partial charge in [0.15, 0.2) is 5.13 Å². The van der Waals surface area contributed by atoms with E-state index >= 15 is 0 Å². The van der Waals surface area contributed by atoms with Gasteiger partial charge in [-0.05, 0) is 31.5 Å². The van der Waals surface area contributed by atoms with E-state index in [4.69, 9.17) is 5.11 Å². The van der Waals surface area contributed by atoms with E-state index in [0.717, 1.165) is 42.4 Å². The number of para-hydroxylation sites is 1. The molecule has 1 saturated heterocycles. The van der Waals surface area contributed by atoms with Gasteiger partial charge in [-0.3, -0.25) is 9.69 Å². The highest BCUT2D eigenvalue weighted by atomic mass is 32.1. The summed E-state index contributed by atoms with van der Waals surface area (Å²) < 4.78 is 0. The van der Waals surface area contributed by atoms with Crippen molar-refractivity contribution in [1.82, 2.24) is 9.88 Å². The van der Waals surface area contributed by atoms with Crippen LogP contribution in [0.4, 0.5) is 10.8 Å². The van der Waals surface area contributed by atoms with Crippen molar-refractivity contribution in [2.75, 3.05) is 18.4 Å². The van der Waals surface area contributed by atoms with E-state index in [-0.39, 0.29) is 5.92 Å². The lowest BCUT2D eigenvalue weighted by Gasteiger charge is -2.29. The number of carboxylic acids is 1. The number of benzene rings is 1. The minimum Gasteiger partial charge on any atom is -0.481 e. The number of likely N-dealkylation sites (tertiary alicyclic amines) is 1. The topological polar surface area (TPSA) is 65.5 Å². The summed E-state index contributed by atoms with van der Waals surface area (Å²) >= 11 is 1.57. The van der Waals surface area contributed by atoms with Gasteiger partial charge in [-0.1, -0.05) is 18.2 Å². The number of carbonyl (C=O) groups is 1. The molecule has 1 aromatic carbocycles. The van der Waals surface area contributed by atoms with E-state index in [1.54, 1.807) is 11.3 Å². The molecule has 1 aliphatic rings. The molecule has 0 spiro atoms. The largest absolute Gasteiger partial charge is 0.481 e. The van der Waals surface area contributed by atoms with Crippen LogP contribution in [0.15, 0.2) is 35.7 Å². The maximum absolute atomic E-state index is 11.1. The summed E-state index contributed by atoms with van der Waals surface area (Å²) in [5.74, 6) is -0.927. The maximum atomic E-state index is 11.1. The van der Waals surface area contributed by atoms with Crippen LogP contribution in [0.1, 0.15) is 18.5 Å². The minimum absolute atomic E-state index is 0.241. The first-order valence-electron chi connectivity index (χ1n) is 7.42. The molecule has 0 bridgehead atoms. The Morgan fingerprint density at radius 2 is 2.23 bits per heavy atom. The van der Waals surface area contributed by atoms with Gasteiger partial charge in [0.25, 0.3) is 0 Å². The van der Waals surface area contributed by atoms with Gasteiger partial charge in [0.05, 0.1) is 11.6 Å². The van der Waals surface area contributed by atoms with Crippen LogP contribution in [-0.4, -0.2) is 34.0 Å². The summed E-state index contributed by atoms with van der Waals surface area (Å²) in [5.41, 5.74) is 2.02. The number of piperidine rings is 1. The Kier molecular flexibility index (Phi) is 4.70. The number of hydrogen-bond donors (Lipinski definition) is 2. The van der Waals surface area contributed by atoms with Crippen molar-refractivity contribution in [2.24, 2.45) is 5.92 Å². The molecule has 3 rings (SSSR count). The van der Waals surface area contributed by atoms with Gasteiger partial charge in [-0.25, -0.2) is 4.98 Å². The molecule has 1 fully saturated rings. The first kappa shape index (κ1) is 15.0. The third-order valence-corrected chi connectivity index (χ3v) is 4.62. The van der Waals surface area contributed by atoms with Gasteiger partial charge in [0.1, 0.15) is 0 Å². The van der Waals surface area contributed by atoms with E-state index in [1.165, 1.54) is 0 Å². The molecule has 0 radical (unpaired) electrons. The van der Waals surface area contributed by atoms with Crippen LogP contribution in [0, 0.1) is 5.92 Å². The maximum Gasteiger partial charge on any atom is 0.307 e. The van der Waals surface area contributed by atoms with Crippen LogP contribution in [0.5, 0.6) is 0 Å². The summed E-state index contributed by atoms with van der Waals surface area (Å²) in [6.45, 7) is 2.29. The Labute approximate surface area is 133 Å². The van der Waals surface area contributed by atoms with Crippen molar-refractivity contribution in [3.8, 4) is 0 Å². The highest BCUT2D eigenvalue weighted by molar-refractivity contribution is 7.13. The summed E-state index contributed by atoms with van der Waals surface area (Å²) in [4.78, 5) is 17.9. The molecule has 1 atom stereocenters. The second kappa shape index (κ2) is 6.89. The van der Waals surface area contributed by atoms with Crippen molar-refractivity contribution in [3.05, 3.63) is 41.4 Å². The summed E-state index contributed by atoms with van der Waals surface area (Å²) in [6, 6.07) is 9.95. The number of anilines is 2.